The first-order valence-electron chi connectivity index (χ1n) is 15.6. The molecule has 214 valence electrons. The molecule has 1 nitrogen and oxygen atoms in total. The molecule has 1 aliphatic rings. The summed E-state index contributed by atoms with van der Waals surface area (Å²) in [5.41, 5.74) is 10.5. The quantitative estimate of drug-likeness (QED) is 0.160. The topological polar surface area (TPSA) is 12.4 Å². The maximum atomic E-state index is 5.13. The molecule has 0 N–H and O–H groups in total. The molecular weight excluding hydrogens is 458 g/mol. The molecular formula is C37H61N. The van der Waals surface area contributed by atoms with E-state index in [0.717, 1.165) is 44.4 Å². The minimum Gasteiger partial charge on any atom is -0.258 e. The predicted molar refractivity (Wildman–Crippen MR) is 176 cm³/mol. The molecule has 1 unspecified atom stereocenters. The number of allylic oxidation sites excluding steroid dienone is 11. The van der Waals surface area contributed by atoms with Gasteiger partial charge in [-0.25, -0.2) is 0 Å². The molecule has 0 aromatic rings. The second-order valence-corrected chi connectivity index (χ2v) is 10.7. The zero-order valence-electron chi connectivity index (χ0n) is 26.8. The van der Waals surface area contributed by atoms with E-state index in [1.54, 1.807) is 0 Å². The van der Waals surface area contributed by atoms with Gasteiger partial charge in [-0.15, -0.1) is 0 Å². The monoisotopic (exact) mass is 519 g/mol. The molecule has 38 heavy (non-hydrogen) atoms. The zero-order chi connectivity index (χ0) is 28.9. The highest BCUT2D eigenvalue weighted by Gasteiger charge is 2.16. The Morgan fingerprint density at radius 3 is 2.24 bits per heavy atom. The number of unbranched alkanes of at least 4 members (excludes halogenated alkanes) is 2. The van der Waals surface area contributed by atoms with Crippen molar-refractivity contribution in [3.05, 3.63) is 82.7 Å². The minimum absolute atomic E-state index is 0.734. The van der Waals surface area contributed by atoms with Gasteiger partial charge in [0.15, 0.2) is 0 Å². The van der Waals surface area contributed by atoms with Gasteiger partial charge in [0.1, 0.15) is 0 Å². The lowest BCUT2D eigenvalue weighted by molar-refractivity contribution is 0.450. The van der Waals surface area contributed by atoms with Crippen LogP contribution in [0.2, 0.25) is 0 Å². The fraction of sp³-hybridized carbons (Fsp3) is 0.595. The molecule has 0 fully saturated rings. The van der Waals surface area contributed by atoms with Crippen molar-refractivity contribution in [2.75, 3.05) is 0 Å². The summed E-state index contributed by atoms with van der Waals surface area (Å²) in [4.78, 5) is 5.13. The van der Waals surface area contributed by atoms with Crippen LogP contribution in [0.5, 0.6) is 0 Å². The molecule has 0 aromatic heterocycles. The van der Waals surface area contributed by atoms with E-state index in [4.69, 9.17) is 4.99 Å². The first kappa shape index (κ1) is 35.9. The maximum absolute atomic E-state index is 5.13. The Morgan fingerprint density at radius 2 is 1.68 bits per heavy atom. The average Bonchev–Trinajstić information content (AvgIpc) is 3.40. The predicted octanol–water partition coefficient (Wildman–Crippen LogP) is 12.6. The van der Waals surface area contributed by atoms with Gasteiger partial charge in [-0.3, -0.25) is 4.99 Å². The van der Waals surface area contributed by atoms with E-state index >= 15 is 0 Å². The van der Waals surface area contributed by atoms with E-state index in [-0.39, 0.29) is 0 Å². The van der Waals surface area contributed by atoms with E-state index in [1.807, 2.05) is 19.9 Å². The molecule has 0 saturated heterocycles. The van der Waals surface area contributed by atoms with Crippen molar-refractivity contribution in [1.82, 2.24) is 0 Å². The highest BCUT2D eigenvalue weighted by atomic mass is 14.8. The lowest BCUT2D eigenvalue weighted by Crippen LogP contribution is -2.03. The zero-order valence-corrected chi connectivity index (χ0v) is 26.8. The minimum atomic E-state index is 0.734. The van der Waals surface area contributed by atoms with Gasteiger partial charge in [-0.2, -0.15) is 0 Å². The summed E-state index contributed by atoms with van der Waals surface area (Å²) in [6.07, 6.45) is 24.9. The molecule has 1 atom stereocenters. The Morgan fingerprint density at radius 1 is 1.00 bits per heavy atom. The first-order valence-corrected chi connectivity index (χ1v) is 15.6. The molecule has 0 bridgehead atoms. The van der Waals surface area contributed by atoms with Crippen molar-refractivity contribution in [3.8, 4) is 0 Å². The van der Waals surface area contributed by atoms with Crippen molar-refractivity contribution in [2.24, 2.45) is 10.9 Å². The Hall–Kier alpha value is -2.15. The van der Waals surface area contributed by atoms with Gasteiger partial charge < -0.3 is 0 Å². The van der Waals surface area contributed by atoms with Crippen molar-refractivity contribution < 1.29 is 0 Å². The third-order valence-electron chi connectivity index (χ3n) is 7.36. The fourth-order valence-corrected chi connectivity index (χ4v) is 4.56. The Kier molecular flexibility index (Phi) is 20.5. The van der Waals surface area contributed by atoms with Gasteiger partial charge in [0.2, 0.25) is 0 Å². The standard InChI is InChI=1S/C35H55N.C2H6/c1-10-15-17-31(14-5)25-29(9)34(27(6)7)26-32(18-16-11-2)35-24-23-33(36-35)22-21-30(13-4)20-19-28(8)12-3;1-2/h13,19-20,24,26,31H,4,9-12,14-18,21-23,25H2,1-3,5-8H3;1-2H3/b28-19-,30-20+,32-26+;. The summed E-state index contributed by atoms with van der Waals surface area (Å²) in [5, 5.41) is 0. The van der Waals surface area contributed by atoms with Crippen LogP contribution in [0.1, 0.15) is 139 Å². The van der Waals surface area contributed by atoms with Crippen molar-refractivity contribution in [2.45, 2.75) is 139 Å². The van der Waals surface area contributed by atoms with Crippen LogP contribution in [-0.2, 0) is 0 Å². The largest absolute Gasteiger partial charge is 0.258 e. The van der Waals surface area contributed by atoms with Gasteiger partial charge in [0.05, 0.1) is 5.70 Å². The molecule has 0 spiro atoms. The summed E-state index contributed by atoms with van der Waals surface area (Å²) in [6, 6.07) is 0. The third kappa shape index (κ3) is 14.1. The molecule has 1 aliphatic heterocycles. The van der Waals surface area contributed by atoms with E-state index in [1.165, 1.54) is 83.4 Å². The Balaban J connectivity index is 0.00000667. The normalized spacial score (nSPS) is 14.8. The number of aliphatic imine (C=N–C) groups is 1. The fourth-order valence-electron chi connectivity index (χ4n) is 4.56. The summed E-state index contributed by atoms with van der Waals surface area (Å²) in [7, 11) is 0. The molecule has 0 amide bonds. The van der Waals surface area contributed by atoms with Crippen LogP contribution in [0.4, 0.5) is 0 Å². The van der Waals surface area contributed by atoms with Crippen LogP contribution in [0.15, 0.2) is 87.7 Å². The summed E-state index contributed by atoms with van der Waals surface area (Å²) in [6.45, 7) is 28.3. The molecule has 1 heterocycles. The lowest BCUT2D eigenvalue weighted by Gasteiger charge is -2.19. The summed E-state index contributed by atoms with van der Waals surface area (Å²) >= 11 is 0. The van der Waals surface area contributed by atoms with Gasteiger partial charge >= 0.3 is 0 Å². The molecule has 1 rings (SSSR count). The summed E-state index contributed by atoms with van der Waals surface area (Å²) < 4.78 is 0. The number of hydrogen-bond donors (Lipinski definition) is 0. The van der Waals surface area contributed by atoms with Gasteiger partial charge in [-0.05, 0) is 93.6 Å². The van der Waals surface area contributed by atoms with Crippen LogP contribution < -0.4 is 0 Å². The molecule has 0 saturated carbocycles. The second kappa shape index (κ2) is 21.7. The van der Waals surface area contributed by atoms with E-state index < -0.39 is 0 Å². The Bertz CT molecular complexity index is 893. The van der Waals surface area contributed by atoms with Crippen molar-refractivity contribution in [1.29, 1.82) is 0 Å². The summed E-state index contributed by atoms with van der Waals surface area (Å²) in [5.74, 6) is 0.734. The molecule has 1 heteroatoms. The number of hydrogen-bond acceptors (Lipinski definition) is 1. The first-order chi connectivity index (χ1) is 18.3. The van der Waals surface area contributed by atoms with Crippen molar-refractivity contribution >= 4 is 5.71 Å². The molecule has 0 aliphatic carbocycles. The molecule has 0 radical (unpaired) electrons. The van der Waals surface area contributed by atoms with E-state index in [9.17, 15) is 0 Å². The Labute approximate surface area is 238 Å². The van der Waals surface area contributed by atoms with Crippen LogP contribution >= 0.6 is 0 Å². The molecule has 0 aromatic carbocycles. The average molecular weight is 520 g/mol. The van der Waals surface area contributed by atoms with Gasteiger partial charge in [0.25, 0.3) is 0 Å². The SMILES string of the molecule is C=C/C(=C\C=C(\C)CC)CCC1=NC(/C(=C/C(C(=C)CC(CC)CCCC)=C(C)C)CCCC)=CC1.CC. The van der Waals surface area contributed by atoms with Crippen molar-refractivity contribution in [3.63, 3.8) is 0 Å². The van der Waals surface area contributed by atoms with E-state index in [2.05, 4.69) is 85.9 Å². The second-order valence-electron chi connectivity index (χ2n) is 10.7. The number of nitrogens with zero attached hydrogens (tertiary/aromatic N) is 1. The third-order valence-corrected chi connectivity index (χ3v) is 7.36. The number of rotatable bonds is 18. The van der Waals surface area contributed by atoms with Crippen LogP contribution in [-0.4, -0.2) is 5.71 Å². The van der Waals surface area contributed by atoms with Crippen LogP contribution in [0.3, 0.4) is 0 Å². The lowest BCUT2D eigenvalue weighted by atomic mass is 9.87. The van der Waals surface area contributed by atoms with E-state index in [0.29, 0.717) is 0 Å². The van der Waals surface area contributed by atoms with Gasteiger partial charge in [-0.1, -0.05) is 122 Å². The highest BCUT2D eigenvalue weighted by molar-refractivity contribution is 5.89. The maximum Gasteiger partial charge on any atom is 0.0625 e. The smallest absolute Gasteiger partial charge is 0.0625 e. The van der Waals surface area contributed by atoms with Gasteiger partial charge in [0, 0.05) is 12.1 Å². The highest BCUT2D eigenvalue weighted by Crippen LogP contribution is 2.32. The van der Waals surface area contributed by atoms with Crippen LogP contribution in [0, 0.1) is 5.92 Å². The van der Waals surface area contributed by atoms with Crippen LogP contribution in [0.25, 0.3) is 0 Å².